The summed E-state index contributed by atoms with van der Waals surface area (Å²) in [4.78, 5) is 18.3. The van der Waals surface area contributed by atoms with E-state index < -0.39 is 0 Å². The van der Waals surface area contributed by atoms with Crippen LogP contribution in [0, 0.1) is 6.92 Å². The lowest BCUT2D eigenvalue weighted by Gasteiger charge is -2.13. The molecule has 0 aliphatic rings. The van der Waals surface area contributed by atoms with Crippen molar-refractivity contribution in [3.8, 4) is 11.4 Å². The molecular weight excluding hydrogens is 334 g/mol. The predicted octanol–water partition coefficient (Wildman–Crippen LogP) is 2.41. The number of methoxy groups -OCH3 is 1. The van der Waals surface area contributed by atoms with Gasteiger partial charge < -0.3 is 14.2 Å². The lowest BCUT2D eigenvalue weighted by atomic mass is 10.2. The second-order valence-corrected chi connectivity index (χ2v) is 5.94. The molecule has 8 heteroatoms. The van der Waals surface area contributed by atoms with Gasteiger partial charge in [-0.25, -0.2) is 4.68 Å². The first-order valence-electron chi connectivity index (χ1n) is 8.29. The van der Waals surface area contributed by atoms with Gasteiger partial charge in [0.15, 0.2) is 11.5 Å². The number of nitrogens with zero attached hydrogens (tertiary/aromatic N) is 5. The molecule has 0 saturated carbocycles. The summed E-state index contributed by atoms with van der Waals surface area (Å²) >= 11 is 0. The zero-order valence-corrected chi connectivity index (χ0v) is 15.3. The lowest BCUT2D eigenvalue weighted by Crippen LogP contribution is -2.27. The Hall–Kier alpha value is -3.16. The minimum atomic E-state index is -0.230. The summed E-state index contributed by atoms with van der Waals surface area (Å²) in [5, 5.41) is 8.23. The van der Waals surface area contributed by atoms with Crippen LogP contribution in [0.2, 0.25) is 0 Å². The Morgan fingerprint density at radius 2 is 2.15 bits per heavy atom. The van der Waals surface area contributed by atoms with E-state index in [9.17, 15) is 4.79 Å². The minimum Gasteiger partial charge on any atom is -0.494 e. The molecule has 136 valence electrons. The summed E-state index contributed by atoms with van der Waals surface area (Å²) in [5.41, 5.74) is 2.18. The first-order valence-corrected chi connectivity index (χ1v) is 8.29. The van der Waals surface area contributed by atoms with Crippen LogP contribution in [0.15, 0.2) is 35.0 Å². The van der Waals surface area contributed by atoms with Crippen molar-refractivity contribution >= 4 is 5.91 Å². The summed E-state index contributed by atoms with van der Waals surface area (Å²) in [6.07, 6.45) is 2.42. The van der Waals surface area contributed by atoms with Crippen molar-refractivity contribution in [1.82, 2.24) is 24.8 Å². The van der Waals surface area contributed by atoms with Crippen LogP contribution in [0.25, 0.3) is 5.69 Å². The minimum absolute atomic E-state index is 0.229. The van der Waals surface area contributed by atoms with Gasteiger partial charge >= 0.3 is 0 Å². The van der Waals surface area contributed by atoms with Gasteiger partial charge in [-0.3, -0.25) is 4.79 Å². The number of rotatable bonds is 6. The number of aromatic nitrogens is 4. The van der Waals surface area contributed by atoms with Gasteiger partial charge in [-0.2, -0.15) is 10.1 Å². The lowest BCUT2D eigenvalue weighted by molar-refractivity contribution is 0.0763. The largest absolute Gasteiger partial charge is 0.494 e. The molecular formula is C18H21N5O3. The van der Waals surface area contributed by atoms with E-state index in [-0.39, 0.29) is 12.5 Å². The highest BCUT2D eigenvalue weighted by Crippen LogP contribution is 2.23. The average molecular weight is 355 g/mol. The van der Waals surface area contributed by atoms with Crippen molar-refractivity contribution in [2.45, 2.75) is 26.8 Å². The molecule has 8 nitrogen and oxygen atoms in total. The van der Waals surface area contributed by atoms with Crippen molar-refractivity contribution in [2.75, 3.05) is 14.2 Å². The van der Waals surface area contributed by atoms with E-state index in [4.69, 9.17) is 9.26 Å². The van der Waals surface area contributed by atoms with Gasteiger partial charge in [-0.05, 0) is 30.7 Å². The second-order valence-electron chi connectivity index (χ2n) is 5.94. The van der Waals surface area contributed by atoms with E-state index in [1.165, 1.54) is 4.90 Å². The Morgan fingerprint density at radius 3 is 2.85 bits per heavy atom. The highest BCUT2D eigenvalue weighted by atomic mass is 16.5. The van der Waals surface area contributed by atoms with Crippen LogP contribution >= 0.6 is 0 Å². The summed E-state index contributed by atoms with van der Waals surface area (Å²) in [6.45, 7) is 4.16. The third kappa shape index (κ3) is 3.58. The molecule has 0 aliphatic carbocycles. The maximum absolute atomic E-state index is 12.6. The smallest absolute Gasteiger partial charge is 0.274 e. The molecule has 3 aromatic rings. The zero-order chi connectivity index (χ0) is 18.7. The number of hydrogen-bond donors (Lipinski definition) is 0. The SMILES string of the molecule is CCc1noc(CN(C)C(=O)c2ccn(-c3cc(C)ccc3OC)n2)n1. The number of hydrogen-bond acceptors (Lipinski definition) is 6. The number of benzene rings is 1. The van der Waals surface area contributed by atoms with Crippen LogP contribution in [0.4, 0.5) is 0 Å². The molecule has 0 atom stereocenters. The van der Waals surface area contributed by atoms with Gasteiger partial charge in [0.2, 0.25) is 5.89 Å². The van der Waals surface area contributed by atoms with Gasteiger partial charge in [0.1, 0.15) is 18.0 Å². The molecule has 0 spiro atoms. The molecule has 0 aliphatic heterocycles. The average Bonchev–Trinajstić information content (AvgIpc) is 3.30. The fourth-order valence-corrected chi connectivity index (χ4v) is 2.52. The molecule has 0 radical (unpaired) electrons. The number of aryl methyl sites for hydroxylation is 2. The van der Waals surface area contributed by atoms with Crippen LogP contribution < -0.4 is 4.74 Å². The van der Waals surface area contributed by atoms with Gasteiger partial charge in [0, 0.05) is 19.7 Å². The molecule has 0 bridgehead atoms. The van der Waals surface area contributed by atoms with E-state index in [0.717, 1.165) is 11.3 Å². The Labute approximate surface area is 151 Å². The molecule has 3 rings (SSSR count). The van der Waals surface area contributed by atoms with E-state index in [0.29, 0.717) is 29.6 Å². The molecule has 2 aromatic heterocycles. The number of carbonyl (C=O) groups is 1. The quantitative estimate of drug-likeness (QED) is 0.675. The van der Waals surface area contributed by atoms with Crippen molar-refractivity contribution in [2.24, 2.45) is 0 Å². The fraction of sp³-hybridized carbons (Fsp3) is 0.333. The van der Waals surface area contributed by atoms with Crippen LogP contribution in [0.3, 0.4) is 0 Å². The van der Waals surface area contributed by atoms with Crippen LogP contribution in [0.5, 0.6) is 5.75 Å². The highest BCUT2D eigenvalue weighted by Gasteiger charge is 2.18. The summed E-state index contributed by atoms with van der Waals surface area (Å²) in [5.74, 6) is 1.48. The van der Waals surface area contributed by atoms with Crippen molar-refractivity contribution in [3.63, 3.8) is 0 Å². The molecule has 2 heterocycles. The maximum Gasteiger partial charge on any atom is 0.274 e. The molecule has 0 N–H and O–H groups in total. The van der Waals surface area contributed by atoms with Gasteiger partial charge in [0.25, 0.3) is 5.91 Å². The third-order valence-electron chi connectivity index (χ3n) is 3.93. The van der Waals surface area contributed by atoms with Crippen LogP contribution in [-0.2, 0) is 13.0 Å². The topological polar surface area (TPSA) is 86.3 Å². The maximum atomic E-state index is 12.6. The van der Waals surface area contributed by atoms with Crippen LogP contribution in [-0.4, -0.2) is 44.9 Å². The molecule has 0 fully saturated rings. The Balaban J connectivity index is 1.78. The molecule has 0 unspecified atom stereocenters. The van der Waals surface area contributed by atoms with Crippen molar-refractivity contribution < 1.29 is 14.1 Å². The predicted molar refractivity (Wildman–Crippen MR) is 94.3 cm³/mol. The monoisotopic (exact) mass is 355 g/mol. The first kappa shape index (κ1) is 17.7. The molecule has 26 heavy (non-hydrogen) atoms. The number of ether oxygens (including phenoxy) is 1. The van der Waals surface area contributed by atoms with Gasteiger partial charge in [-0.15, -0.1) is 0 Å². The summed E-state index contributed by atoms with van der Waals surface area (Å²) in [6, 6.07) is 7.46. The van der Waals surface area contributed by atoms with E-state index in [1.54, 1.807) is 31.1 Å². The molecule has 1 amide bonds. The zero-order valence-electron chi connectivity index (χ0n) is 15.3. The summed E-state index contributed by atoms with van der Waals surface area (Å²) in [7, 11) is 3.27. The number of carbonyl (C=O) groups excluding carboxylic acids is 1. The van der Waals surface area contributed by atoms with Crippen molar-refractivity contribution in [1.29, 1.82) is 0 Å². The standard InChI is InChI=1S/C18H21N5O3/c1-5-16-19-17(26-21-16)11-22(3)18(24)13-8-9-23(20-13)14-10-12(2)6-7-15(14)25-4/h6-10H,5,11H2,1-4H3. The molecule has 0 saturated heterocycles. The van der Waals surface area contributed by atoms with Gasteiger partial charge in [-0.1, -0.05) is 18.1 Å². The normalized spacial score (nSPS) is 10.8. The third-order valence-corrected chi connectivity index (χ3v) is 3.93. The highest BCUT2D eigenvalue weighted by molar-refractivity contribution is 5.92. The van der Waals surface area contributed by atoms with E-state index >= 15 is 0 Å². The fourth-order valence-electron chi connectivity index (χ4n) is 2.52. The summed E-state index contributed by atoms with van der Waals surface area (Å²) < 4.78 is 12.1. The molecule has 1 aromatic carbocycles. The Kier molecular flexibility index (Phi) is 5.01. The first-order chi connectivity index (χ1) is 12.5. The number of amides is 1. The van der Waals surface area contributed by atoms with Crippen molar-refractivity contribution in [3.05, 3.63) is 53.4 Å². The Bertz CT molecular complexity index is 915. The van der Waals surface area contributed by atoms with E-state index in [2.05, 4.69) is 15.2 Å². The van der Waals surface area contributed by atoms with Gasteiger partial charge in [0.05, 0.1) is 7.11 Å². The van der Waals surface area contributed by atoms with Crippen LogP contribution in [0.1, 0.15) is 34.7 Å². The Morgan fingerprint density at radius 1 is 1.35 bits per heavy atom. The van der Waals surface area contributed by atoms with E-state index in [1.807, 2.05) is 32.0 Å². The second kappa shape index (κ2) is 7.38.